The molecule has 0 N–H and O–H groups in total. The Kier molecular flexibility index (Phi) is 13.8. The van der Waals surface area contributed by atoms with Crippen molar-refractivity contribution in [3.05, 3.63) is 358 Å². The number of fused-ring (bicyclic) bond motifs is 15. The third-order valence-electron chi connectivity index (χ3n) is 21.0. The molecule has 5 heterocycles. The van der Waals surface area contributed by atoms with E-state index in [1.165, 1.54) is 75.9 Å². The summed E-state index contributed by atoms with van der Waals surface area (Å²) < 4.78 is 11.3. The molecule has 22 rings (SSSR count). The van der Waals surface area contributed by atoms with Crippen LogP contribution in [0.1, 0.15) is 0 Å². The Hall–Kier alpha value is -14.2. The normalized spacial score (nSPS) is 11.8. The second kappa shape index (κ2) is 24.3. The Morgan fingerprint density at radius 3 is 1.17 bits per heavy atom. The molecule has 0 aliphatic rings. The molecule has 17 aromatic carbocycles. The number of nitrogens with zero attached hydrogens (tertiary/aromatic N) is 7. The fraction of sp³-hybridized carbons (Fsp3) is 0. The first-order chi connectivity index (χ1) is 52.0. The molecule has 8 heteroatoms. The lowest BCUT2D eigenvalue weighted by molar-refractivity contribution is 0.669. The lowest BCUT2D eigenvalue weighted by atomic mass is 9.98. The van der Waals surface area contributed by atoms with Crippen molar-refractivity contribution < 1.29 is 4.42 Å². The molecule has 0 fully saturated rings. The highest BCUT2D eigenvalue weighted by Gasteiger charge is 2.23. The molecular formula is C97H59N7O. The lowest BCUT2D eigenvalue weighted by Gasteiger charge is -2.16. The fourth-order valence-corrected chi connectivity index (χ4v) is 16.0. The van der Waals surface area contributed by atoms with E-state index in [0.717, 1.165) is 110 Å². The van der Waals surface area contributed by atoms with Gasteiger partial charge in [-0.05, 0) is 139 Å². The van der Waals surface area contributed by atoms with E-state index in [4.69, 9.17) is 29.3 Å². The van der Waals surface area contributed by atoms with Gasteiger partial charge in [0.25, 0.3) is 0 Å². The van der Waals surface area contributed by atoms with Crippen molar-refractivity contribution in [1.82, 2.24) is 34.1 Å². The van der Waals surface area contributed by atoms with Gasteiger partial charge in [0.1, 0.15) is 11.2 Å². The summed E-state index contributed by atoms with van der Waals surface area (Å²) in [6.45, 7) is 0. The van der Waals surface area contributed by atoms with Crippen LogP contribution in [0.4, 0.5) is 0 Å². The summed E-state index contributed by atoms with van der Waals surface area (Å²) in [6.07, 6.45) is 0. The monoisotopic (exact) mass is 1340 g/mol. The molecule has 0 unspecified atom stereocenters. The predicted molar refractivity (Wildman–Crippen MR) is 435 cm³/mol. The van der Waals surface area contributed by atoms with Gasteiger partial charge in [0, 0.05) is 70.9 Å². The second-order valence-corrected chi connectivity index (χ2v) is 27.0. The van der Waals surface area contributed by atoms with E-state index in [1.54, 1.807) is 0 Å². The lowest BCUT2D eigenvalue weighted by Crippen LogP contribution is -2.02. The first-order valence-electron chi connectivity index (χ1n) is 35.5. The van der Waals surface area contributed by atoms with E-state index in [-0.39, 0.29) is 0 Å². The summed E-state index contributed by atoms with van der Waals surface area (Å²) in [5.74, 6) is 2.56. The van der Waals surface area contributed by atoms with Crippen molar-refractivity contribution >= 4 is 130 Å². The van der Waals surface area contributed by atoms with Crippen molar-refractivity contribution in [2.24, 2.45) is 0 Å². The maximum absolute atomic E-state index is 6.47. The minimum Gasteiger partial charge on any atom is -0.455 e. The van der Waals surface area contributed by atoms with Gasteiger partial charge in [-0.15, -0.1) is 0 Å². The summed E-state index contributed by atoms with van der Waals surface area (Å²) in [5.41, 5.74) is 16.1. The number of aromatic nitrogens is 7. The summed E-state index contributed by atoms with van der Waals surface area (Å²) in [7, 11) is 0. The smallest absolute Gasteiger partial charge is 0.164 e. The zero-order valence-corrected chi connectivity index (χ0v) is 56.6. The maximum atomic E-state index is 6.47. The van der Waals surface area contributed by atoms with E-state index < -0.39 is 0 Å². The minimum absolute atomic E-state index is 0.628. The fourth-order valence-electron chi connectivity index (χ4n) is 16.0. The van der Waals surface area contributed by atoms with Crippen molar-refractivity contribution in [2.45, 2.75) is 0 Å². The van der Waals surface area contributed by atoms with Gasteiger partial charge in [0.2, 0.25) is 0 Å². The molecule has 0 aliphatic carbocycles. The molecular weight excluding hydrogens is 1280 g/mol. The Morgan fingerprint density at radius 2 is 0.610 bits per heavy atom. The predicted octanol–water partition coefficient (Wildman–Crippen LogP) is 25.4. The van der Waals surface area contributed by atoms with Crippen LogP contribution in [0.2, 0.25) is 0 Å². The Morgan fingerprint density at radius 1 is 0.200 bits per heavy atom. The zero-order chi connectivity index (χ0) is 69.1. The number of hydrogen-bond acceptors (Lipinski definition) is 6. The quantitative estimate of drug-likeness (QED) is 0.151. The summed E-state index contributed by atoms with van der Waals surface area (Å²) in [6, 6.07) is 127. The molecule has 0 bridgehead atoms. The number of hydrogen-bond donors (Lipinski definition) is 0. The highest BCUT2D eigenvalue weighted by atomic mass is 16.3. The van der Waals surface area contributed by atoms with Crippen LogP contribution in [-0.4, -0.2) is 34.1 Å². The summed E-state index contributed by atoms with van der Waals surface area (Å²) in [5, 5.41) is 21.2. The molecule has 0 saturated carbocycles. The van der Waals surface area contributed by atoms with E-state index in [1.807, 2.05) is 24.3 Å². The summed E-state index contributed by atoms with van der Waals surface area (Å²) >= 11 is 0. The molecule has 0 spiro atoms. The third kappa shape index (κ3) is 10.0. The van der Waals surface area contributed by atoms with E-state index in [0.29, 0.717) is 23.3 Å². The molecule has 0 radical (unpaired) electrons. The molecule has 0 aliphatic heterocycles. The number of benzene rings is 17. The minimum atomic E-state index is 0.628. The van der Waals surface area contributed by atoms with E-state index in [9.17, 15) is 0 Å². The van der Waals surface area contributed by atoms with Crippen LogP contribution in [0, 0.1) is 0 Å². The molecule has 0 atom stereocenters. The molecule has 5 aromatic heterocycles. The number of rotatable bonds is 8. The van der Waals surface area contributed by atoms with Crippen molar-refractivity contribution in [2.75, 3.05) is 0 Å². The average molecular weight is 1340 g/mol. The van der Waals surface area contributed by atoms with Gasteiger partial charge in [0.05, 0.1) is 50.4 Å². The highest BCUT2D eigenvalue weighted by molar-refractivity contribution is 6.17. The molecule has 0 amide bonds. The Labute approximate surface area is 602 Å². The van der Waals surface area contributed by atoms with Crippen LogP contribution < -0.4 is 0 Å². The largest absolute Gasteiger partial charge is 0.455 e. The van der Waals surface area contributed by atoms with Crippen LogP contribution in [0.5, 0.6) is 0 Å². The van der Waals surface area contributed by atoms with Crippen LogP contribution in [0.25, 0.3) is 210 Å². The highest BCUT2D eigenvalue weighted by Crippen LogP contribution is 2.44. The number of para-hydroxylation sites is 4. The molecule has 8 nitrogen and oxygen atoms in total. The van der Waals surface area contributed by atoms with Gasteiger partial charge in [-0.25, -0.2) is 24.9 Å². The topological polar surface area (TPSA) is 87.5 Å². The third-order valence-corrected chi connectivity index (χ3v) is 21.0. The van der Waals surface area contributed by atoms with Crippen molar-refractivity contribution in [1.29, 1.82) is 0 Å². The SMILES string of the molecule is c1ccc(-c2cc(-c3ccc(-n4c5ccccc5c5cc6ccccc6cc54)c4ccccc34)nc(-c3cccc4c3oc3ccccc34)n2)cc1.c1ccc2cc(-c3nc(-c4ccc5ccccc5c4)nc(-c4ccc(-n5c6ccccc6c6cc7ccccc7cc65)c5ccccc45)n3)ccc2c1. The molecule has 105 heavy (non-hydrogen) atoms. The first kappa shape index (κ1) is 59.6. The maximum Gasteiger partial charge on any atom is 0.164 e. The number of furan rings is 1. The van der Waals surface area contributed by atoms with Crippen LogP contribution in [-0.2, 0) is 0 Å². The average Bonchev–Trinajstić information content (AvgIpc) is 1.61. The van der Waals surface area contributed by atoms with Gasteiger partial charge in [-0.2, -0.15) is 0 Å². The van der Waals surface area contributed by atoms with Gasteiger partial charge in [-0.3, -0.25) is 0 Å². The van der Waals surface area contributed by atoms with Gasteiger partial charge in [-0.1, -0.05) is 273 Å². The summed E-state index contributed by atoms with van der Waals surface area (Å²) in [4.78, 5) is 26.0. The van der Waals surface area contributed by atoms with Crippen molar-refractivity contribution in [3.8, 4) is 79.4 Å². The zero-order valence-electron chi connectivity index (χ0n) is 56.6. The van der Waals surface area contributed by atoms with Crippen LogP contribution >= 0.6 is 0 Å². The standard InChI is InChI=1S/C49H30N4.C48H29N3O/c1-3-13-33-27-37(23-21-31(33)11-1)47-50-48(38-24-22-32-12-2-4-14-34(32)28-38)52-49(51-47)42-25-26-45(40-18-8-7-17-39(40)42)53-44-20-10-9-19-41(44)43-29-35-15-5-6-16-36(35)30-46(43)53;1-2-13-30(14-3-1)41-29-42(50-48(49-41)39-22-12-21-38-37-20-9-11-24-46(37)52-47(38)39)34-25-26-44(35-18-7-6-17-33(34)35)51-43-23-10-8-19-36(43)40-27-31-15-4-5-16-32(31)28-45(40)51/h1-30H;1-29H. The molecule has 22 aromatic rings. The second-order valence-electron chi connectivity index (χ2n) is 27.0. The van der Waals surface area contributed by atoms with E-state index >= 15 is 0 Å². The molecule has 488 valence electrons. The Bertz CT molecular complexity index is 7210. The Balaban J connectivity index is 0.000000135. The van der Waals surface area contributed by atoms with E-state index in [2.05, 4.69) is 343 Å². The first-order valence-corrected chi connectivity index (χ1v) is 35.5. The van der Waals surface area contributed by atoms with Gasteiger partial charge < -0.3 is 13.6 Å². The van der Waals surface area contributed by atoms with Crippen LogP contribution in [0.3, 0.4) is 0 Å². The molecule has 0 saturated heterocycles. The van der Waals surface area contributed by atoms with Gasteiger partial charge in [0.15, 0.2) is 23.3 Å². The van der Waals surface area contributed by atoms with Gasteiger partial charge >= 0.3 is 0 Å². The van der Waals surface area contributed by atoms with Crippen molar-refractivity contribution in [3.63, 3.8) is 0 Å². The van der Waals surface area contributed by atoms with Crippen LogP contribution in [0.15, 0.2) is 362 Å².